The lowest BCUT2D eigenvalue weighted by Gasteiger charge is -2.31. The second-order valence-corrected chi connectivity index (χ2v) is 7.00. The zero-order valence-corrected chi connectivity index (χ0v) is 15.9. The topological polar surface area (TPSA) is 87.3 Å². The maximum absolute atomic E-state index is 12.7. The molecule has 1 aliphatic heterocycles. The Labute approximate surface area is 168 Å². The quantitative estimate of drug-likeness (QED) is 0.667. The van der Waals surface area contributed by atoms with Crippen LogP contribution in [0.3, 0.4) is 0 Å². The van der Waals surface area contributed by atoms with E-state index in [2.05, 4.69) is 15.5 Å². The number of anilines is 1. The molecule has 0 radical (unpaired) electrons. The van der Waals surface area contributed by atoms with Gasteiger partial charge in [-0.05, 0) is 43.2 Å². The number of nitrogens with zero attached hydrogens (tertiary/aromatic N) is 2. The van der Waals surface area contributed by atoms with Crippen LogP contribution in [0.15, 0.2) is 66.9 Å². The highest BCUT2D eigenvalue weighted by Crippen LogP contribution is 2.26. The second kappa shape index (κ2) is 8.60. The molecule has 2 amide bonds. The van der Waals surface area contributed by atoms with E-state index >= 15 is 0 Å². The molecule has 148 valence electrons. The summed E-state index contributed by atoms with van der Waals surface area (Å²) in [5.41, 5.74) is 1.51. The molecule has 2 heterocycles. The van der Waals surface area contributed by atoms with Crippen LogP contribution < -0.4 is 10.1 Å². The molecule has 2 aromatic carbocycles. The smallest absolute Gasteiger partial charge is 0.313 e. The molecule has 0 aliphatic carbocycles. The third kappa shape index (κ3) is 4.63. The number of benzene rings is 2. The van der Waals surface area contributed by atoms with Crippen molar-refractivity contribution >= 4 is 17.5 Å². The number of carbonyl (C=O) groups is 2. The van der Waals surface area contributed by atoms with Crippen LogP contribution in [0.4, 0.5) is 5.69 Å². The Kier molecular flexibility index (Phi) is 5.56. The van der Waals surface area contributed by atoms with Crippen LogP contribution >= 0.6 is 0 Å². The van der Waals surface area contributed by atoms with Crippen molar-refractivity contribution in [3.8, 4) is 11.5 Å². The van der Waals surface area contributed by atoms with Gasteiger partial charge >= 0.3 is 11.8 Å². The molecule has 2 N–H and O–H groups in total. The van der Waals surface area contributed by atoms with Crippen LogP contribution in [0.5, 0.6) is 11.5 Å². The van der Waals surface area contributed by atoms with Crippen LogP contribution in [0.2, 0.25) is 0 Å². The van der Waals surface area contributed by atoms with E-state index in [0.29, 0.717) is 30.3 Å². The van der Waals surface area contributed by atoms with Crippen molar-refractivity contribution in [3.63, 3.8) is 0 Å². The number of para-hydroxylation sites is 1. The fourth-order valence-corrected chi connectivity index (χ4v) is 3.50. The summed E-state index contributed by atoms with van der Waals surface area (Å²) in [5.74, 6) is 0.283. The summed E-state index contributed by atoms with van der Waals surface area (Å²) in [4.78, 5) is 26.8. The van der Waals surface area contributed by atoms with Gasteiger partial charge in [-0.15, -0.1) is 0 Å². The molecule has 1 unspecified atom stereocenters. The fourth-order valence-electron chi connectivity index (χ4n) is 3.50. The predicted octanol–water partition coefficient (Wildman–Crippen LogP) is 3.55. The molecule has 0 bridgehead atoms. The highest BCUT2D eigenvalue weighted by Gasteiger charge is 2.29. The lowest BCUT2D eigenvalue weighted by Crippen LogP contribution is -2.44. The van der Waals surface area contributed by atoms with E-state index < -0.39 is 11.8 Å². The van der Waals surface area contributed by atoms with E-state index in [1.165, 1.54) is 0 Å². The Bertz CT molecular complexity index is 973. The van der Waals surface area contributed by atoms with E-state index in [4.69, 9.17) is 4.74 Å². The Morgan fingerprint density at radius 2 is 1.90 bits per heavy atom. The van der Waals surface area contributed by atoms with Crippen molar-refractivity contribution < 1.29 is 14.3 Å². The molecular formula is C22H22N4O3. The number of rotatable bonds is 4. The van der Waals surface area contributed by atoms with Gasteiger partial charge in [-0.2, -0.15) is 5.10 Å². The minimum Gasteiger partial charge on any atom is -0.457 e. The number of likely N-dealkylation sites (tertiary alicyclic amines) is 1. The van der Waals surface area contributed by atoms with E-state index in [1.54, 1.807) is 35.4 Å². The molecule has 29 heavy (non-hydrogen) atoms. The number of piperidine rings is 1. The number of nitrogens with one attached hydrogen (secondary N) is 2. The van der Waals surface area contributed by atoms with E-state index in [9.17, 15) is 9.59 Å². The van der Waals surface area contributed by atoms with E-state index in [1.807, 2.05) is 36.4 Å². The summed E-state index contributed by atoms with van der Waals surface area (Å²) in [6.45, 7) is 1.08. The summed E-state index contributed by atoms with van der Waals surface area (Å²) >= 11 is 0. The van der Waals surface area contributed by atoms with Gasteiger partial charge < -0.3 is 15.0 Å². The monoisotopic (exact) mass is 390 g/mol. The first kappa shape index (κ1) is 18.7. The molecule has 1 aromatic heterocycles. The Balaban J connectivity index is 1.38. The van der Waals surface area contributed by atoms with Gasteiger partial charge in [-0.3, -0.25) is 14.7 Å². The summed E-state index contributed by atoms with van der Waals surface area (Å²) in [6.07, 6.45) is 3.52. The predicted molar refractivity (Wildman–Crippen MR) is 109 cm³/mol. The molecule has 7 nitrogen and oxygen atoms in total. The van der Waals surface area contributed by atoms with Crippen molar-refractivity contribution in [1.82, 2.24) is 15.1 Å². The average Bonchev–Trinajstić information content (AvgIpc) is 3.29. The summed E-state index contributed by atoms with van der Waals surface area (Å²) in [5, 5.41) is 9.62. The van der Waals surface area contributed by atoms with Crippen LogP contribution in [0.1, 0.15) is 24.5 Å². The zero-order chi connectivity index (χ0) is 20.1. The van der Waals surface area contributed by atoms with Crippen molar-refractivity contribution in [2.75, 3.05) is 18.4 Å². The Hall–Kier alpha value is -3.61. The SMILES string of the molecule is O=C(Nc1cccc(Oc2ccccc2)c1)C(=O)N1CCCC(c2ccn[nH]2)C1. The third-order valence-corrected chi connectivity index (χ3v) is 4.94. The second-order valence-electron chi connectivity index (χ2n) is 7.00. The molecule has 1 atom stereocenters. The maximum Gasteiger partial charge on any atom is 0.313 e. The number of amides is 2. The average molecular weight is 390 g/mol. The van der Waals surface area contributed by atoms with E-state index in [0.717, 1.165) is 18.5 Å². The number of aromatic amines is 1. The minimum absolute atomic E-state index is 0.172. The normalized spacial score (nSPS) is 16.3. The highest BCUT2D eigenvalue weighted by molar-refractivity contribution is 6.39. The van der Waals surface area contributed by atoms with Gasteiger partial charge in [0.05, 0.1) is 0 Å². The maximum atomic E-state index is 12.7. The van der Waals surface area contributed by atoms with Gasteiger partial charge in [0.2, 0.25) is 0 Å². The number of ether oxygens (including phenoxy) is 1. The zero-order valence-electron chi connectivity index (χ0n) is 15.9. The van der Waals surface area contributed by atoms with Crippen molar-refractivity contribution in [2.45, 2.75) is 18.8 Å². The number of carbonyl (C=O) groups excluding carboxylic acids is 2. The molecular weight excluding hydrogens is 368 g/mol. The van der Waals surface area contributed by atoms with Crippen LogP contribution in [0, 0.1) is 0 Å². The highest BCUT2D eigenvalue weighted by atomic mass is 16.5. The number of hydrogen-bond acceptors (Lipinski definition) is 4. The molecule has 4 rings (SSSR count). The van der Waals surface area contributed by atoms with Crippen LogP contribution in [0.25, 0.3) is 0 Å². The van der Waals surface area contributed by atoms with Gasteiger partial charge in [0.1, 0.15) is 11.5 Å². The minimum atomic E-state index is -0.646. The van der Waals surface area contributed by atoms with Crippen molar-refractivity contribution in [3.05, 3.63) is 72.6 Å². The first-order valence-electron chi connectivity index (χ1n) is 9.61. The molecule has 7 heteroatoms. The lowest BCUT2D eigenvalue weighted by molar-refractivity contribution is -0.144. The number of aromatic nitrogens is 2. The molecule has 1 aliphatic rings. The van der Waals surface area contributed by atoms with E-state index in [-0.39, 0.29) is 5.92 Å². The van der Waals surface area contributed by atoms with Gasteiger partial charge in [0.25, 0.3) is 0 Å². The van der Waals surface area contributed by atoms with Crippen molar-refractivity contribution in [1.29, 1.82) is 0 Å². The van der Waals surface area contributed by atoms with Gasteiger partial charge in [-0.1, -0.05) is 24.3 Å². The summed E-state index contributed by atoms with van der Waals surface area (Å²) in [7, 11) is 0. The number of H-pyrrole nitrogens is 1. The third-order valence-electron chi connectivity index (χ3n) is 4.94. The largest absolute Gasteiger partial charge is 0.457 e. The Morgan fingerprint density at radius 1 is 1.07 bits per heavy atom. The fraction of sp³-hybridized carbons (Fsp3) is 0.227. The van der Waals surface area contributed by atoms with Crippen molar-refractivity contribution in [2.24, 2.45) is 0 Å². The molecule has 3 aromatic rings. The van der Waals surface area contributed by atoms with Gasteiger partial charge in [-0.25, -0.2) is 0 Å². The standard InChI is InChI=1S/C22H22N4O3/c27-21(22(28)26-13-5-6-16(15-26)20-11-12-23-25-20)24-17-7-4-10-19(14-17)29-18-8-2-1-3-9-18/h1-4,7-12,14,16H,5-6,13,15H2,(H,23,25)(H,24,27). The van der Waals surface area contributed by atoms with Gasteiger partial charge in [0, 0.05) is 42.7 Å². The molecule has 0 saturated carbocycles. The van der Waals surface area contributed by atoms with Gasteiger partial charge in [0.15, 0.2) is 0 Å². The first-order chi connectivity index (χ1) is 14.2. The number of hydrogen-bond donors (Lipinski definition) is 2. The summed E-state index contributed by atoms with van der Waals surface area (Å²) in [6, 6.07) is 18.3. The molecule has 1 saturated heterocycles. The summed E-state index contributed by atoms with van der Waals surface area (Å²) < 4.78 is 5.78. The molecule has 1 fully saturated rings. The lowest BCUT2D eigenvalue weighted by atomic mass is 9.95. The first-order valence-corrected chi connectivity index (χ1v) is 9.61. The van der Waals surface area contributed by atoms with Crippen LogP contribution in [-0.4, -0.2) is 40.0 Å². The molecule has 0 spiro atoms. The Morgan fingerprint density at radius 3 is 2.69 bits per heavy atom. The van der Waals surface area contributed by atoms with Crippen LogP contribution in [-0.2, 0) is 9.59 Å².